The number of benzene rings is 10. The SMILES string of the molecule is CC.CC.CC.CC.CC.CC.CC.CC.CC.CC.CC.CC.Cc1ccc2c(c1-c1cccc[n+]1C)Cc1ccccc1-2.Cc1ccccc1-c1c2ccccc2cc[n+]1C.Cc1ccccc1-c1cc2ccccc2c[n+]1C.Cc1ccccc1-c1ccc2ccccc2[n+]1C.Cc1ccccc1-c1cccc[n+]1C.Cc1ccccc1N1C=CN(C)[C@@H]1C. The monoisotopic (exact) mass is 1710 g/mol. The third-order valence-electron chi connectivity index (χ3n) is 20.2. The first-order chi connectivity index (χ1) is 62.0. The Balaban J connectivity index is 0.00000143. The van der Waals surface area contributed by atoms with Gasteiger partial charge in [-0.05, 0) is 188 Å². The van der Waals surface area contributed by atoms with Crippen molar-refractivity contribution < 1.29 is 22.8 Å². The zero-order chi connectivity index (χ0) is 96.1. The molecule has 15 aromatic rings. The van der Waals surface area contributed by atoms with E-state index < -0.39 is 0 Å². The van der Waals surface area contributed by atoms with Crippen LogP contribution in [0.4, 0.5) is 5.69 Å². The van der Waals surface area contributed by atoms with E-state index in [1.165, 1.54) is 150 Å². The number of nitrogens with zero attached hydrogens (tertiary/aromatic N) is 7. The molecule has 0 N–H and O–H groups in total. The normalized spacial score (nSPS) is 10.5. The number of para-hydroxylation sites is 2. The molecular formula is C120H168N7+5. The van der Waals surface area contributed by atoms with Gasteiger partial charge >= 0.3 is 0 Å². The number of fused-ring (bicyclic) bond motifs is 6. The highest BCUT2D eigenvalue weighted by Crippen LogP contribution is 2.42. The summed E-state index contributed by atoms with van der Waals surface area (Å²) in [5, 5.41) is 6.43. The van der Waals surface area contributed by atoms with Gasteiger partial charge in [-0.25, -0.2) is 18.3 Å². The zero-order valence-electron chi connectivity index (χ0n) is 86.1. The summed E-state index contributed by atoms with van der Waals surface area (Å²) < 4.78 is 11.0. The topological polar surface area (TPSA) is 25.9 Å². The van der Waals surface area contributed by atoms with E-state index in [4.69, 9.17) is 0 Å². The van der Waals surface area contributed by atoms with Crippen LogP contribution in [0.5, 0.6) is 0 Å². The van der Waals surface area contributed by atoms with Gasteiger partial charge in [-0.15, -0.1) is 0 Å². The molecule has 1 atom stereocenters. The molecule has 2 aliphatic rings. The van der Waals surface area contributed by atoms with Crippen molar-refractivity contribution in [3.63, 3.8) is 0 Å². The molecule has 127 heavy (non-hydrogen) atoms. The lowest BCUT2D eigenvalue weighted by molar-refractivity contribution is -0.660. The average molecular weight is 1710 g/mol. The third-order valence-corrected chi connectivity index (χ3v) is 20.2. The van der Waals surface area contributed by atoms with Gasteiger partial charge in [-0.2, -0.15) is 4.57 Å². The van der Waals surface area contributed by atoms with Gasteiger partial charge in [0.15, 0.2) is 24.8 Å². The van der Waals surface area contributed by atoms with Crippen LogP contribution < -0.4 is 27.7 Å². The van der Waals surface area contributed by atoms with E-state index in [0.717, 1.165) is 6.42 Å². The number of pyridine rings is 5. The van der Waals surface area contributed by atoms with Gasteiger partial charge in [-0.1, -0.05) is 342 Å². The van der Waals surface area contributed by atoms with E-state index in [2.05, 4.69) is 446 Å². The maximum atomic E-state index is 2.29. The number of aromatic nitrogens is 5. The van der Waals surface area contributed by atoms with Crippen LogP contribution in [-0.4, -0.2) is 18.1 Å². The van der Waals surface area contributed by atoms with Crippen molar-refractivity contribution in [2.45, 2.75) is 227 Å². The minimum absolute atomic E-state index is 0.413. The van der Waals surface area contributed by atoms with Gasteiger partial charge in [0, 0.05) is 107 Å². The molecule has 0 fully saturated rings. The first-order valence-corrected chi connectivity index (χ1v) is 47.8. The number of anilines is 1. The van der Waals surface area contributed by atoms with Crippen LogP contribution in [0.2, 0.25) is 0 Å². The van der Waals surface area contributed by atoms with Gasteiger partial charge in [-0.3, -0.25) is 0 Å². The van der Waals surface area contributed by atoms with Crippen molar-refractivity contribution in [3.8, 4) is 67.4 Å². The van der Waals surface area contributed by atoms with Crippen molar-refractivity contribution in [2.24, 2.45) is 35.2 Å². The molecule has 7 nitrogen and oxygen atoms in total. The summed E-state index contributed by atoms with van der Waals surface area (Å²) in [6.07, 6.45) is 14.2. The van der Waals surface area contributed by atoms with Crippen molar-refractivity contribution >= 4 is 38.1 Å². The van der Waals surface area contributed by atoms with Crippen molar-refractivity contribution in [1.82, 2.24) is 4.90 Å². The van der Waals surface area contributed by atoms with Crippen molar-refractivity contribution in [2.75, 3.05) is 11.9 Å². The van der Waals surface area contributed by atoms with E-state index >= 15 is 0 Å². The first-order valence-electron chi connectivity index (χ1n) is 47.8. The van der Waals surface area contributed by atoms with E-state index in [-0.39, 0.29) is 0 Å². The molecule has 0 saturated heterocycles. The summed E-state index contributed by atoms with van der Waals surface area (Å²) in [6, 6.07) is 103. The molecule has 0 bridgehead atoms. The standard InChI is InChI=1S/C20H18N.3C17H16N.C13H14N.C12H16N2.12C2H6/c1-14-10-11-17-16-8-4-3-7-15(16)13-18(17)20(14)19-9-5-6-12-21(19)2;1-13-7-3-6-10-16(13)17-11-14-8-4-5-9-15(14)12-18(17)2;1-13-7-3-5-9-15(13)17-16-10-6-4-8-14(16)11-12-18(17)2;1-13-7-3-5-9-15(13)17-12-11-14-8-4-6-10-16(14)18(17)2;1-11-7-3-4-8-12(11)13-9-5-6-10-14(13)2;1-10-6-4-5-7-12(10)14-9-8-13(3)11(14)2;12*1-2/h3-12H,13H2,1-2H3;3*3-12H,1-2H3;3-10H,1-2H3;4-9,11H,1-3H3;12*1-2H3/q5*+1;;;;;;;;;;;;;/t;;;;;11-;;;;;;;;;;;;/m.....0............/s1. The van der Waals surface area contributed by atoms with Gasteiger partial charge in [0.25, 0.3) is 0 Å². The Bertz CT molecular complexity index is 5430. The molecule has 0 spiro atoms. The Morgan fingerprint density at radius 3 is 1.17 bits per heavy atom. The highest BCUT2D eigenvalue weighted by molar-refractivity contribution is 5.93. The molecule has 0 saturated carbocycles. The van der Waals surface area contributed by atoms with Crippen LogP contribution in [-0.2, 0) is 41.7 Å². The predicted octanol–water partition coefficient (Wildman–Crippen LogP) is 32.3. The molecule has 0 unspecified atom stereocenters. The van der Waals surface area contributed by atoms with Gasteiger partial charge < -0.3 is 9.80 Å². The Morgan fingerprint density at radius 2 is 0.677 bits per heavy atom. The molecule has 0 radical (unpaired) electrons. The van der Waals surface area contributed by atoms with Gasteiger partial charge in [0.2, 0.25) is 34.0 Å². The van der Waals surface area contributed by atoms with Crippen LogP contribution in [0.15, 0.2) is 328 Å². The molecule has 678 valence electrons. The largest absolute Gasteiger partial charge is 0.359 e. The quantitative estimate of drug-likeness (QED) is 0.155. The fraction of sp³-hybridized carbons (Fsp3) is 0.325. The zero-order valence-corrected chi connectivity index (χ0v) is 86.1. The molecule has 17 rings (SSSR count). The van der Waals surface area contributed by atoms with Crippen molar-refractivity contribution in [1.29, 1.82) is 0 Å². The predicted molar refractivity (Wildman–Crippen MR) is 566 cm³/mol. The second kappa shape index (κ2) is 66.5. The molecule has 0 amide bonds. The highest BCUT2D eigenvalue weighted by Gasteiger charge is 2.27. The summed E-state index contributed by atoms with van der Waals surface area (Å²) in [4.78, 5) is 4.49. The summed E-state index contributed by atoms with van der Waals surface area (Å²) in [6.45, 7) is 63.2. The van der Waals surface area contributed by atoms with Crippen LogP contribution in [0, 0.1) is 41.5 Å². The lowest BCUT2D eigenvalue weighted by atomic mass is 9.94. The fourth-order valence-corrected chi connectivity index (χ4v) is 14.3. The van der Waals surface area contributed by atoms with Crippen LogP contribution >= 0.6 is 0 Å². The summed E-state index contributed by atoms with van der Waals surface area (Å²) in [5.74, 6) is 0. The summed E-state index contributed by atoms with van der Waals surface area (Å²) in [7, 11) is 12.6. The molecule has 5 aromatic heterocycles. The van der Waals surface area contributed by atoms with Crippen molar-refractivity contribution in [3.05, 3.63) is 373 Å². The van der Waals surface area contributed by atoms with E-state index in [9.17, 15) is 0 Å². The van der Waals surface area contributed by atoms with E-state index in [1.54, 1.807) is 0 Å². The fourth-order valence-electron chi connectivity index (χ4n) is 14.3. The molecule has 1 aliphatic carbocycles. The number of rotatable bonds is 6. The van der Waals surface area contributed by atoms with Gasteiger partial charge in [0.05, 0.1) is 10.9 Å². The molecule has 10 aromatic carbocycles. The van der Waals surface area contributed by atoms with E-state index in [1.807, 2.05) is 172 Å². The van der Waals surface area contributed by atoms with E-state index in [0.29, 0.717) is 6.17 Å². The maximum Gasteiger partial charge on any atom is 0.220 e. The minimum Gasteiger partial charge on any atom is -0.359 e. The average Bonchev–Trinajstić information content (AvgIpc) is 1.58. The second-order valence-corrected chi connectivity index (χ2v) is 27.2. The smallest absolute Gasteiger partial charge is 0.220 e. The number of aryl methyl sites for hydroxylation is 11. The lowest BCUT2D eigenvalue weighted by Crippen LogP contribution is -2.33. The van der Waals surface area contributed by atoms with Gasteiger partial charge in [0.1, 0.15) is 41.4 Å². The highest BCUT2D eigenvalue weighted by atomic mass is 15.4. The Morgan fingerprint density at radius 1 is 0.276 bits per heavy atom. The maximum absolute atomic E-state index is 2.29. The number of hydrogen-bond donors (Lipinski definition) is 0. The molecule has 6 heterocycles. The Hall–Kier alpha value is -11.9. The summed E-state index contributed by atoms with van der Waals surface area (Å²) >= 11 is 0. The summed E-state index contributed by atoms with van der Waals surface area (Å²) in [5.41, 5.74) is 29.1. The minimum atomic E-state index is 0.413. The Kier molecular flexibility index (Phi) is 60.3. The second-order valence-electron chi connectivity index (χ2n) is 27.2. The lowest BCUT2D eigenvalue weighted by Gasteiger charge is -2.28. The third kappa shape index (κ3) is 32.8. The Labute approximate surface area is 775 Å². The molecule has 7 heteroatoms. The molecular weight excluding hydrogens is 1540 g/mol. The molecule has 1 aliphatic heterocycles. The van der Waals surface area contributed by atoms with Crippen LogP contribution in [0.3, 0.4) is 0 Å². The first kappa shape index (κ1) is 115. The van der Waals surface area contributed by atoms with Crippen LogP contribution in [0.25, 0.3) is 99.9 Å². The number of hydrogen-bond acceptors (Lipinski definition) is 2. The van der Waals surface area contributed by atoms with Crippen LogP contribution in [0.1, 0.15) is 218 Å².